The van der Waals surface area contributed by atoms with E-state index in [1.54, 1.807) is 6.92 Å². The van der Waals surface area contributed by atoms with Crippen LogP contribution in [0.4, 0.5) is 8.78 Å². The Labute approximate surface area is 118 Å². The number of hydrogen-bond acceptors (Lipinski definition) is 5. The molecule has 0 spiro atoms. The molecule has 1 aromatic heterocycles. The number of rotatable bonds is 5. The molecule has 112 valence electrons. The van der Waals surface area contributed by atoms with Crippen molar-refractivity contribution in [1.29, 1.82) is 0 Å². The summed E-state index contributed by atoms with van der Waals surface area (Å²) in [5.41, 5.74) is -0.630. The first-order valence-electron chi connectivity index (χ1n) is 6.00. The van der Waals surface area contributed by atoms with Crippen molar-refractivity contribution in [2.75, 3.05) is 7.11 Å². The minimum atomic E-state index is -1.42. The van der Waals surface area contributed by atoms with Crippen molar-refractivity contribution in [2.45, 2.75) is 19.4 Å². The Morgan fingerprint density at radius 3 is 2.71 bits per heavy atom. The molecule has 21 heavy (non-hydrogen) atoms. The molecule has 0 saturated carbocycles. The number of halogens is 2. The van der Waals surface area contributed by atoms with Crippen LogP contribution in [0.1, 0.15) is 23.1 Å². The minimum absolute atomic E-state index is 0.167. The first-order valence-corrected chi connectivity index (χ1v) is 6.00. The zero-order valence-corrected chi connectivity index (χ0v) is 11.3. The van der Waals surface area contributed by atoms with Crippen molar-refractivity contribution in [3.8, 4) is 11.5 Å². The van der Waals surface area contributed by atoms with Crippen molar-refractivity contribution in [2.24, 2.45) is 0 Å². The number of hydrogen-bond donors (Lipinski definition) is 1. The van der Waals surface area contributed by atoms with Crippen molar-refractivity contribution >= 4 is 5.97 Å². The van der Waals surface area contributed by atoms with Gasteiger partial charge in [-0.2, -0.15) is 4.98 Å². The van der Waals surface area contributed by atoms with Crippen LogP contribution >= 0.6 is 0 Å². The van der Waals surface area contributed by atoms with Gasteiger partial charge in [0.15, 0.2) is 17.5 Å². The number of aromatic carboxylic acids is 1. The molecular weight excluding hydrogens is 286 g/mol. The molecule has 0 bridgehead atoms. The van der Waals surface area contributed by atoms with Crippen LogP contribution in [0, 0.1) is 11.6 Å². The highest BCUT2D eigenvalue weighted by Gasteiger charge is 2.21. The van der Waals surface area contributed by atoms with Gasteiger partial charge in [0, 0.05) is 13.5 Å². The molecule has 0 radical (unpaired) electrons. The highest BCUT2D eigenvalue weighted by Crippen LogP contribution is 2.25. The van der Waals surface area contributed by atoms with Gasteiger partial charge >= 0.3 is 5.97 Å². The molecule has 1 heterocycles. The smallest absolute Gasteiger partial charge is 0.336 e. The van der Waals surface area contributed by atoms with Crippen LogP contribution in [0.15, 0.2) is 16.7 Å². The van der Waals surface area contributed by atoms with Crippen molar-refractivity contribution < 1.29 is 27.9 Å². The standard InChI is InChI=1S/C13H12F2N2O4/c1-6(20-2)3-11-16-12(21-17-11)7-4-9(14)10(15)5-8(7)13(18)19/h4-6H,3H2,1-2H3,(H,18,19). The zero-order chi connectivity index (χ0) is 15.6. The van der Waals surface area contributed by atoms with E-state index >= 15 is 0 Å². The van der Waals surface area contributed by atoms with E-state index in [1.165, 1.54) is 7.11 Å². The lowest BCUT2D eigenvalue weighted by Crippen LogP contribution is -2.09. The fraction of sp³-hybridized carbons (Fsp3) is 0.308. The molecule has 1 unspecified atom stereocenters. The Balaban J connectivity index is 2.42. The second-order valence-corrected chi connectivity index (χ2v) is 4.38. The van der Waals surface area contributed by atoms with E-state index in [9.17, 15) is 13.6 Å². The van der Waals surface area contributed by atoms with Gasteiger partial charge in [-0.3, -0.25) is 0 Å². The van der Waals surface area contributed by atoms with Crippen LogP contribution in [-0.2, 0) is 11.2 Å². The number of aromatic nitrogens is 2. The molecule has 0 amide bonds. The number of nitrogens with zero attached hydrogens (tertiary/aromatic N) is 2. The summed E-state index contributed by atoms with van der Waals surface area (Å²) >= 11 is 0. The summed E-state index contributed by atoms with van der Waals surface area (Å²) in [7, 11) is 1.52. The predicted octanol–water partition coefficient (Wildman–Crippen LogP) is 2.29. The van der Waals surface area contributed by atoms with Crippen LogP contribution in [0.25, 0.3) is 11.5 Å². The van der Waals surface area contributed by atoms with Gasteiger partial charge in [0.25, 0.3) is 5.89 Å². The molecule has 2 aromatic rings. The molecule has 6 nitrogen and oxygen atoms in total. The molecule has 0 aliphatic rings. The van der Waals surface area contributed by atoms with E-state index in [4.69, 9.17) is 14.4 Å². The molecule has 1 aromatic carbocycles. The lowest BCUT2D eigenvalue weighted by atomic mass is 10.1. The van der Waals surface area contributed by atoms with Crippen molar-refractivity contribution in [1.82, 2.24) is 10.1 Å². The van der Waals surface area contributed by atoms with Gasteiger partial charge in [-0.1, -0.05) is 5.16 Å². The van der Waals surface area contributed by atoms with Gasteiger partial charge in [-0.05, 0) is 19.1 Å². The fourth-order valence-corrected chi connectivity index (χ4v) is 1.69. The lowest BCUT2D eigenvalue weighted by Gasteiger charge is -2.04. The molecule has 1 N–H and O–H groups in total. The Hall–Kier alpha value is -2.35. The molecule has 2 rings (SSSR count). The van der Waals surface area contributed by atoms with E-state index in [0.29, 0.717) is 12.5 Å². The minimum Gasteiger partial charge on any atom is -0.478 e. The third-order valence-electron chi connectivity index (χ3n) is 2.86. The van der Waals surface area contributed by atoms with Gasteiger partial charge in [0.1, 0.15) is 0 Å². The van der Waals surface area contributed by atoms with Gasteiger partial charge in [0.2, 0.25) is 0 Å². The predicted molar refractivity (Wildman–Crippen MR) is 66.8 cm³/mol. The number of carboxylic acids is 1. The molecule has 0 saturated heterocycles. The summed E-state index contributed by atoms with van der Waals surface area (Å²) < 4.78 is 36.4. The summed E-state index contributed by atoms with van der Waals surface area (Å²) in [6, 6.07) is 1.30. The van der Waals surface area contributed by atoms with Gasteiger partial charge in [-0.15, -0.1) is 0 Å². The first kappa shape index (κ1) is 15.0. The average Bonchev–Trinajstić information content (AvgIpc) is 2.89. The van der Waals surface area contributed by atoms with E-state index in [0.717, 1.165) is 6.07 Å². The van der Waals surface area contributed by atoms with E-state index < -0.39 is 23.2 Å². The van der Waals surface area contributed by atoms with Crippen LogP contribution < -0.4 is 0 Å². The highest BCUT2D eigenvalue weighted by atomic mass is 19.2. The van der Waals surface area contributed by atoms with E-state index in [2.05, 4.69) is 10.1 Å². The molecule has 0 aliphatic heterocycles. The number of carboxylic acid groups (broad SMARTS) is 1. The second-order valence-electron chi connectivity index (χ2n) is 4.38. The maximum Gasteiger partial charge on any atom is 0.336 e. The summed E-state index contributed by atoms with van der Waals surface area (Å²) in [5.74, 6) is -3.79. The Morgan fingerprint density at radius 1 is 1.43 bits per heavy atom. The zero-order valence-electron chi connectivity index (χ0n) is 11.3. The lowest BCUT2D eigenvalue weighted by molar-refractivity contribution is 0.0696. The number of carbonyl (C=O) groups is 1. The average molecular weight is 298 g/mol. The summed E-state index contributed by atoms with van der Waals surface area (Å²) in [4.78, 5) is 15.1. The first-order chi connectivity index (χ1) is 9.92. The van der Waals surface area contributed by atoms with Gasteiger partial charge < -0.3 is 14.4 Å². The monoisotopic (exact) mass is 298 g/mol. The normalized spacial score (nSPS) is 12.4. The van der Waals surface area contributed by atoms with Gasteiger partial charge in [-0.25, -0.2) is 13.6 Å². The van der Waals surface area contributed by atoms with Crippen LogP contribution in [0.2, 0.25) is 0 Å². The molecular formula is C13H12F2N2O4. The Morgan fingerprint density at radius 2 is 2.10 bits per heavy atom. The fourth-order valence-electron chi connectivity index (χ4n) is 1.69. The number of methoxy groups -OCH3 is 1. The van der Waals surface area contributed by atoms with E-state index in [-0.39, 0.29) is 23.4 Å². The maximum absolute atomic E-state index is 13.3. The summed E-state index contributed by atoms with van der Waals surface area (Å²) in [5, 5.41) is 12.7. The molecule has 1 atom stereocenters. The SMILES string of the molecule is COC(C)Cc1noc(-c2cc(F)c(F)cc2C(=O)O)n1. The third-order valence-corrected chi connectivity index (χ3v) is 2.86. The van der Waals surface area contributed by atoms with Crippen LogP contribution in [-0.4, -0.2) is 34.4 Å². The topological polar surface area (TPSA) is 85.5 Å². The summed E-state index contributed by atoms with van der Waals surface area (Å²) in [6.45, 7) is 1.79. The van der Waals surface area contributed by atoms with E-state index in [1.807, 2.05) is 0 Å². The van der Waals surface area contributed by atoms with Crippen LogP contribution in [0.3, 0.4) is 0 Å². The molecule has 0 aliphatic carbocycles. The maximum atomic E-state index is 13.3. The van der Waals surface area contributed by atoms with Crippen molar-refractivity contribution in [3.05, 3.63) is 35.2 Å². The van der Waals surface area contributed by atoms with Gasteiger partial charge in [0.05, 0.1) is 17.2 Å². The molecule has 0 fully saturated rings. The Bertz CT molecular complexity index is 672. The molecule has 8 heteroatoms. The third kappa shape index (κ3) is 3.22. The second kappa shape index (κ2) is 5.96. The highest BCUT2D eigenvalue weighted by molar-refractivity contribution is 5.94. The summed E-state index contributed by atoms with van der Waals surface area (Å²) in [6.07, 6.45) is 0.172. The number of benzene rings is 1. The number of ether oxygens (including phenoxy) is 1. The largest absolute Gasteiger partial charge is 0.478 e. The quantitative estimate of drug-likeness (QED) is 0.911. The van der Waals surface area contributed by atoms with Crippen LogP contribution in [0.5, 0.6) is 0 Å². The van der Waals surface area contributed by atoms with Crippen molar-refractivity contribution in [3.63, 3.8) is 0 Å². The Kier molecular flexibility index (Phi) is 4.27.